The van der Waals surface area contributed by atoms with Crippen LogP contribution >= 0.6 is 11.6 Å². The lowest BCUT2D eigenvalue weighted by atomic mass is 10.0. The first-order valence-corrected chi connectivity index (χ1v) is 11.1. The molecule has 2 atom stereocenters. The Hall–Kier alpha value is -3.19. The lowest BCUT2D eigenvalue weighted by Crippen LogP contribution is -2.52. The highest BCUT2D eigenvalue weighted by Crippen LogP contribution is 2.43. The van der Waals surface area contributed by atoms with Crippen LogP contribution in [0.15, 0.2) is 42.5 Å². The number of piperidine rings is 1. The number of benzene rings is 2. The Morgan fingerprint density at radius 3 is 2.59 bits per heavy atom. The molecule has 2 aromatic rings. The number of hydrogen-bond acceptors (Lipinski definition) is 4. The lowest BCUT2D eigenvalue weighted by molar-refractivity contribution is -0.136. The van der Waals surface area contributed by atoms with Crippen molar-refractivity contribution in [3.8, 4) is 0 Å². The van der Waals surface area contributed by atoms with Gasteiger partial charge in [-0.15, -0.1) is 0 Å². The van der Waals surface area contributed by atoms with Gasteiger partial charge >= 0.3 is 0 Å². The number of nitrogens with one attached hydrogen (secondary N) is 2. The van der Waals surface area contributed by atoms with Crippen molar-refractivity contribution in [2.45, 2.75) is 44.3 Å². The normalized spacial score (nSPS) is 21.2. The third-order valence-electron chi connectivity index (χ3n) is 6.41. The van der Waals surface area contributed by atoms with Gasteiger partial charge in [0, 0.05) is 29.1 Å². The molecule has 5 rings (SSSR count). The standard InChI is InChI=1S/C24H22ClN3O4/c25-18-4-2-1-3-17(18)21(13-5-6-13)27-22(30)14-7-8-16-15(11-14)12-28(24(16)32)19-9-10-20(29)26-23(19)31/h1-4,7-8,11,13,19,21H,5-6,9-10,12H2,(H,27,30)(H,26,29,31)/t19?,21-/m0/s1. The number of fused-ring (bicyclic) bond motifs is 1. The van der Waals surface area contributed by atoms with Crippen LogP contribution in [0.4, 0.5) is 0 Å². The van der Waals surface area contributed by atoms with Gasteiger partial charge in [-0.2, -0.15) is 0 Å². The van der Waals surface area contributed by atoms with Gasteiger partial charge in [0.05, 0.1) is 6.04 Å². The molecule has 1 unspecified atom stereocenters. The summed E-state index contributed by atoms with van der Waals surface area (Å²) >= 11 is 6.38. The third kappa shape index (κ3) is 3.77. The highest BCUT2D eigenvalue weighted by Gasteiger charge is 2.39. The van der Waals surface area contributed by atoms with Gasteiger partial charge in [0.1, 0.15) is 6.04 Å². The van der Waals surface area contributed by atoms with E-state index in [1.54, 1.807) is 18.2 Å². The van der Waals surface area contributed by atoms with Gasteiger partial charge in [-0.3, -0.25) is 24.5 Å². The minimum atomic E-state index is -0.677. The lowest BCUT2D eigenvalue weighted by Gasteiger charge is -2.29. The average molecular weight is 452 g/mol. The van der Waals surface area contributed by atoms with E-state index in [1.165, 1.54) is 4.90 Å². The van der Waals surface area contributed by atoms with E-state index >= 15 is 0 Å². The highest BCUT2D eigenvalue weighted by molar-refractivity contribution is 6.31. The van der Waals surface area contributed by atoms with Gasteiger partial charge in [-0.25, -0.2) is 0 Å². The number of carbonyl (C=O) groups excluding carboxylic acids is 4. The summed E-state index contributed by atoms with van der Waals surface area (Å²) in [5, 5.41) is 6.04. The van der Waals surface area contributed by atoms with Crippen LogP contribution in [0.3, 0.4) is 0 Å². The zero-order valence-electron chi connectivity index (χ0n) is 17.3. The summed E-state index contributed by atoms with van der Waals surface area (Å²) in [5.41, 5.74) is 2.55. The topological polar surface area (TPSA) is 95.6 Å². The first-order chi connectivity index (χ1) is 15.4. The second kappa shape index (κ2) is 8.06. The summed E-state index contributed by atoms with van der Waals surface area (Å²) in [6.07, 6.45) is 2.58. The molecule has 4 amide bonds. The van der Waals surface area contributed by atoms with Crippen molar-refractivity contribution < 1.29 is 19.2 Å². The van der Waals surface area contributed by atoms with E-state index in [9.17, 15) is 19.2 Å². The Morgan fingerprint density at radius 1 is 1.09 bits per heavy atom. The zero-order chi connectivity index (χ0) is 22.4. The molecule has 1 saturated carbocycles. The molecule has 164 valence electrons. The smallest absolute Gasteiger partial charge is 0.255 e. The highest BCUT2D eigenvalue weighted by atomic mass is 35.5. The zero-order valence-corrected chi connectivity index (χ0v) is 18.0. The third-order valence-corrected chi connectivity index (χ3v) is 6.75. The van der Waals surface area contributed by atoms with Crippen LogP contribution in [0.2, 0.25) is 5.02 Å². The van der Waals surface area contributed by atoms with Crippen molar-refractivity contribution in [3.63, 3.8) is 0 Å². The van der Waals surface area contributed by atoms with E-state index in [2.05, 4.69) is 10.6 Å². The first kappa shape index (κ1) is 20.7. The minimum absolute atomic E-state index is 0.161. The van der Waals surface area contributed by atoms with E-state index in [-0.39, 0.29) is 36.7 Å². The predicted molar refractivity (Wildman–Crippen MR) is 117 cm³/mol. The van der Waals surface area contributed by atoms with Crippen molar-refractivity contribution in [3.05, 3.63) is 69.7 Å². The van der Waals surface area contributed by atoms with E-state index < -0.39 is 11.9 Å². The maximum absolute atomic E-state index is 13.1. The van der Waals surface area contributed by atoms with Gasteiger partial charge in [0.25, 0.3) is 11.8 Å². The van der Waals surface area contributed by atoms with Crippen molar-refractivity contribution in [2.75, 3.05) is 0 Å². The molecule has 2 N–H and O–H groups in total. The Labute approximate surface area is 190 Å². The molecule has 8 heteroatoms. The Kier molecular flexibility index (Phi) is 5.21. The second-order valence-corrected chi connectivity index (χ2v) is 8.99. The van der Waals surface area contributed by atoms with Gasteiger partial charge in [0.2, 0.25) is 11.8 Å². The van der Waals surface area contributed by atoms with E-state index in [1.807, 2.05) is 24.3 Å². The van der Waals surface area contributed by atoms with Crippen molar-refractivity contribution in [1.82, 2.24) is 15.5 Å². The Balaban J connectivity index is 1.34. The minimum Gasteiger partial charge on any atom is -0.345 e. The maximum atomic E-state index is 13.1. The molecule has 1 aliphatic carbocycles. The number of imide groups is 1. The van der Waals surface area contributed by atoms with Crippen molar-refractivity contribution in [2.24, 2.45) is 5.92 Å². The number of rotatable bonds is 5. The SMILES string of the molecule is O=C1CCC(N2Cc3cc(C(=O)N[C@H](c4ccccc4Cl)C4CC4)ccc3C2=O)C(=O)N1. The van der Waals surface area contributed by atoms with Crippen LogP contribution in [-0.4, -0.2) is 34.6 Å². The van der Waals surface area contributed by atoms with Gasteiger partial charge < -0.3 is 10.2 Å². The summed E-state index contributed by atoms with van der Waals surface area (Å²) in [6, 6.07) is 11.7. The molecule has 1 saturated heterocycles. The molecule has 32 heavy (non-hydrogen) atoms. The molecule has 0 radical (unpaired) electrons. The molecule has 7 nitrogen and oxygen atoms in total. The number of hydrogen-bond donors (Lipinski definition) is 2. The van der Waals surface area contributed by atoms with Crippen LogP contribution in [0, 0.1) is 5.92 Å². The van der Waals surface area contributed by atoms with Gasteiger partial charge in [-0.1, -0.05) is 29.8 Å². The molecule has 0 bridgehead atoms. The summed E-state index contributed by atoms with van der Waals surface area (Å²) in [6.45, 7) is 0.234. The number of nitrogens with zero attached hydrogens (tertiary/aromatic N) is 1. The van der Waals surface area contributed by atoms with Crippen molar-refractivity contribution in [1.29, 1.82) is 0 Å². The fourth-order valence-corrected chi connectivity index (χ4v) is 4.80. The van der Waals surface area contributed by atoms with Crippen LogP contribution in [0.1, 0.15) is 63.6 Å². The van der Waals surface area contributed by atoms with Crippen LogP contribution in [0.5, 0.6) is 0 Å². The van der Waals surface area contributed by atoms with E-state index in [4.69, 9.17) is 11.6 Å². The van der Waals surface area contributed by atoms with Gasteiger partial charge in [0.15, 0.2) is 0 Å². The Morgan fingerprint density at radius 2 is 1.88 bits per heavy atom. The molecular formula is C24H22ClN3O4. The van der Waals surface area contributed by atoms with E-state index in [0.717, 1.165) is 18.4 Å². The van der Waals surface area contributed by atoms with Crippen LogP contribution < -0.4 is 10.6 Å². The van der Waals surface area contributed by atoms with Crippen molar-refractivity contribution >= 4 is 35.2 Å². The molecule has 0 spiro atoms. The number of amides is 4. The molecule has 3 aliphatic rings. The summed E-state index contributed by atoms with van der Waals surface area (Å²) in [5.74, 6) is -0.895. The number of halogens is 1. The molecule has 2 heterocycles. The number of carbonyl (C=O) groups is 4. The molecule has 2 aromatic carbocycles. The maximum Gasteiger partial charge on any atom is 0.255 e. The van der Waals surface area contributed by atoms with Crippen LogP contribution in [-0.2, 0) is 16.1 Å². The summed E-state index contributed by atoms with van der Waals surface area (Å²) < 4.78 is 0. The molecule has 2 aliphatic heterocycles. The summed E-state index contributed by atoms with van der Waals surface area (Å²) in [4.78, 5) is 51.0. The van der Waals surface area contributed by atoms with Crippen LogP contribution in [0.25, 0.3) is 0 Å². The Bertz CT molecular complexity index is 1140. The monoisotopic (exact) mass is 451 g/mol. The first-order valence-electron chi connectivity index (χ1n) is 10.8. The predicted octanol–water partition coefficient (Wildman–Crippen LogP) is 2.98. The summed E-state index contributed by atoms with van der Waals surface area (Å²) in [7, 11) is 0. The molecule has 2 fully saturated rings. The fourth-order valence-electron chi connectivity index (χ4n) is 4.55. The quantitative estimate of drug-likeness (QED) is 0.683. The average Bonchev–Trinajstić information content (AvgIpc) is 3.56. The molecule has 0 aromatic heterocycles. The fraction of sp³-hybridized carbons (Fsp3) is 0.333. The largest absolute Gasteiger partial charge is 0.345 e. The van der Waals surface area contributed by atoms with E-state index in [0.29, 0.717) is 34.1 Å². The second-order valence-electron chi connectivity index (χ2n) is 8.58. The molecular weight excluding hydrogens is 430 g/mol. The van der Waals surface area contributed by atoms with Gasteiger partial charge in [-0.05, 0) is 60.6 Å².